The lowest BCUT2D eigenvalue weighted by Gasteiger charge is -2.40. The summed E-state index contributed by atoms with van der Waals surface area (Å²) in [6.07, 6.45) is 7.37. The van der Waals surface area contributed by atoms with Gasteiger partial charge in [0.15, 0.2) is 0 Å². The van der Waals surface area contributed by atoms with Crippen molar-refractivity contribution in [1.29, 1.82) is 0 Å². The van der Waals surface area contributed by atoms with E-state index < -0.39 is 0 Å². The number of carbonyl (C=O) groups is 1. The van der Waals surface area contributed by atoms with E-state index in [9.17, 15) is 4.79 Å². The van der Waals surface area contributed by atoms with Crippen molar-refractivity contribution in [3.8, 4) is 0 Å². The van der Waals surface area contributed by atoms with Crippen LogP contribution in [0.15, 0.2) is 12.4 Å². The van der Waals surface area contributed by atoms with Crippen molar-refractivity contribution in [2.45, 2.75) is 25.3 Å². The molecule has 1 aromatic rings. The lowest BCUT2D eigenvalue weighted by Crippen LogP contribution is -2.43. The van der Waals surface area contributed by atoms with E-state index in [4.69, 9.17) is 9.47 Å². The molecule has 0 radical (unpaired) electrons. The minimum absolute atomic E-state index is 0.0575. The summed E-state index contributed by atoms with van der Waals surface area (Å²) in [6.45, 7) is 4.17. The Morgan fingerprint density at radius 3 is 2.96 bits per heavy atom. The first kappa shape index (κ1) is 19.3. The van der Waals surface area contributed by atoms with E-state index in [2.05, 4.69) is 23.2 Å². The average molecular weight is 364 g/mol. The zero-order valence-corrected chi connectivity index (χ0v) is 16.3. The molecule has 0 aromatic carbocycles. The van der Waals surface area contributed by atoms with Gasteiger partial charge in [0.25, 0.3) is 0 Å². The van der Waals surface area contributed by atoms with Crippen LogP contribution in [0.5, 0.6) is 0 Å². The number of nitrogens with zero attached hydrogens (tertiary/aromatic N) is 4. The van der Waals surface area contributed by atoms with Crippen LogP contribution in [0.3, 0.4) is 0 Å². The van der Waals surface area contributed by atoms with Crippen LogP contribution in [-0.4, -0.2) is 79.1 Å². The van der Waals surface area contributed by atoms with Crippen molar-refractivity contribution in [2.75, 3.05) is 53.6 Å². The van der Waals surface area contributed by atoms with Gasteiger partial charge in [-0.3, -0.25) is 14.4 Å². The number of piperidine rings is 1. The maximum atomic E-state index is 12.5. The van der Waals surface area contributed by atoms with Crippen molar-refractivity contribution in [3.63, 3.8) is 0 Å². The van der Waals surface area contributed by atoms with Crippen LogP contribution in [0.25, 0.3) is 0 Å². The minimum Gasteiger partial charge on any atom is -0.381 e. The molecule has 2 aliphatic rings. The average Bonchev–Trinajstić information content (AvgIpc) is 3.26. The molecule has 2 saturated heterocycles. The summed E-state index contributed by atoms with van der Waals surface area (Å²) in [6, 6.07) is 0.309. The monoisotopic (exact) mass is 364 g/mol. The van der Waals surface area contributed by atoms with Crippen molar-refractivity contribution in [2.24, 2.45) is 18.9 Å². The highest BCUT2D eigenvalue weighted by Crippen LogP contribution is 2.35. The molecule has 7 heteroatoms. The molecule has 7 nitrogen and oxygen atoms in total. The van der Waals surface area contributed by atoms with E-state index in [1.807, 2.05) is 29.9 Å². The molecule has 3 heterocycles. The summed E-state index contributed by atoms with van der Waals surface area (Å²) < 4.78 is 12.8. The molecule has 3 rings (SSSR count). The summed E-state index contributed by atoms with van der Waals surface area (Å²) in [5.41, 5.74) is 1.23. The Bertz CT molecular complexity index is 585. The van der Waals surface area contributed by atoms with Gasteiger partial charge in [-0.15, -0.1) is 0 Å². The van der Waals surface area contributed by atoms with E-state index in [1.165, 1.54) is 5.56 Å². The third-order valence-corrected chi connectivity index (χ3v) is 5.61. The second-order valence-corrected chi connectivity index (χ2v) is 7.79. The molecule has 146 valence electrons. The molecular weight excluding hydrogens is 332 g/mol. The first-order chi connectivity index (χ1) is 12.5. The van der Waals surface area contributed by atoms with Crippen LogP contribution in [0.1, 0.15) is 30.9 Å². The fraction of sp³-hybridized carbons (Fsp3) is 0.789. The smallest absolute Gasteiger partial charge is 0.248 e. The number of carbonyl (C=O) groups excluding carboxylic acids is 1. The Kier molecular flexibility index (Phi) is 6.67. The first-order valence-corrected chi connectivity index (χ1v) is 9.63. The van der Waals surface area contributed by atoms with Gasteiger partial charge in [0.1, 0.15) is 6.61 Å². The van der Waals surface area contributed by atoms with Crippen molar-refractivity contribution < 1.29 is 14.3 Å². The van der Waals surface area contributed by atoms with Gasteiger partial charge in [-0.1, -0.05) is 0 Å². The quantitative estimate of drug-likeness (QED) is 0.730. The second kappa shape index (κ2) is 8.97. The molecule has 1 amide bonds. The largest absolute Gasteiger partial charge is 0.381 e. The van der Waals surface area contributed by atoms with E-state index >= 15 is 0 Å². The van der Waals surface area contributed by atoms with Gasteiger partial charge in [-0.25, -0.2) is 0 Å². The molecule has 0 saturated carbocycles. The van der Waals surface area contributed by atoms with Crippen LogP contribution < -0.4 is 0 Å². The highest BCUT2D eigenvalue weighted by molar-refractivity contribution is 5.77. The number of rotatable bonds is 7. The van der Waals surface area contributed by atoms with Crippen LogP contribution in [0.2, 0.25) is 0 Å². The van der Waals surface area contributed by atoms with Gasteiger partial charge in [-0.05, 0) is 38.8 Å². The van der Waals surface area contributed by atoms with E-state index in [0.29, 0.717) is 24.5 Å². The van der Waals surface area contributed by atoms with Crippen molar-refractivity contribution in [3.05, 3.63) is 18.0 Å². The number of aromatic nitrogens is 2. The fourth-order valence-corrected chi connectivity index (χ4v) is 4.16. The number of likely N-dealkylation sites (tertiary alicyclic amines) is 1. The van der Waals surface area contributed by atoms with Gasteiger partial charge < -0.3 is 14.4 Å². The molecule has 0 bridgehead atoms. The third-order valence-electron chi connectivity index (χ3n) is 5.61. The minimum atomic E-state index is 0.0575. The number of aryl methyl sites for hydroxylation is 1. The molecule has 26 heavy (non-hydrogen) atoms. The SMILES string of the molecule is CN(C[C@@H]1CCCN(C)[C@H]1c1cnn(C)c1)C(=O)COCC1CCOC1. The Morgan fingerprint density at radius 2 is 2.27 bits per heavy atom. The van der Waals surface area contributed by atoms with Crippen LogP contribution in [0, 0.1) is 11.8 Å². The summed E-state index contributed by atoms with van der Waals surface area (Å²) in [5.74, 6) is 0.910. The Morgan fingerprint density at radius 1 is 1.42 bits per heavy atom. The zero-order chi connectivity index (χ0) is 18.5. The van der Waals surface area contributed by atoms with Crippen molar-refractivity contribution in [1.82, 2.24) is 19.6 Å². The third kappa shape index (κ3) is 4.84. The summed E-state index contributed by atoms with van der Waals surface area (Å²) >= 11 is 0. The van der Waals surface area contributed by atoms with E-state index in [-0.39, 0.29) is 12.5 Å². The zero-order valence-electron chi connectivity index (χ0n) is 16.3. The lowest BCUT2D eigenvalue weighted by atomic mass is 9.86. The predicted octanol–water partition coefficient (Wildman–Crippen LogP) is 1.31. The molecule has 0 spiro atoms. The molecule has 1 unspecified atom stereocenters. The van der Waals surface area contributed by atoms with Gasteiger partial charge in [-0.2, -0.15) is 5.10 Å². The van der Waals surface area contributed by atoms with Gasteiger partial charge in [0, 0.05) is 51.0 Å². The summed E-state index contributed by atoms with van der Waals surface area (Å²) in [7, 11) is 6.00. The summed E-state index contributed by atoms with van der Waals surface area (Å²) in [4.78, 5) is 16.7. The molecule has 2 fully saturated rings. The number of hydrogen-bond acceptors (Lipinski definition) is 5. The molecule has 1 aromatic heterocycles. The Balaban J connectivity index is 1.52. The normalized spacial score (nSPS) is 27.0. The highest BCUT2D eigenvalue weighted by atomic mass is 16.5. The van der Waals surface area contributed by atoms with Gasteiger partial charge >= 0.3 is 0 Å². The molecular formula is C19H32N4O3. The molecule has 3 atom stereocenters. The van der Waals surface area contributed by atoms with Gasteiger partial charge in [0.2, 0.25) is 5.91 Å². The Hall–Kier alpha value is -1.44. The second-order valence-electron chi connectivity index (χ2n) is 7.79. The number of hydrogen-bond donors (Lipinski definition) is 0. The number of likely N-dealkylation sites (N-methyl/N-ethyl adjacent to an activating group) is 1. The predicted molar refractivity (Wildman–Crippen MR) is 98.7 cm³/mol. The number of amides is 1. The maximum Gasteiger partial charge on any atom is 0.248 e. The van der Waals surface area contributed by atoms with E-state index in [0.717, 1.165) is 45.6 Å². The summed E-state index contributed by atoms with van der Waals surface area (Å²) in [5, 5.41) is 4.33. The fourth-order valence-electron chi connectivity index (χ4n) is 4.16. The number of ether oxygens (including phenoxy) is 2. The Labute approximate surface area is 156 Å². The molecule has 0 aliphatic carbocycles. The van der Waals surface area contributed by atoms with Gasteiger partial charge in [0.05, 0.1) is 19.4 Å². The van der Waals surface area contributed by atoms with Crippen LogP contribution in [0.4, 0.5) is 0 Å². The van der Waals surface area contributed by atoms with Crippen LogP contribution in [-0.2, 0) is 21.3 Å². The van der Waals surface area contributed by atoms with E-state index in [1.54, 1.807) is 0 Å². The topological polar surface area (TPSA) is 59.8 Å². The molecule has 2 aliphatic heterocycles. The standard InChI is InChI=1S/C19H32N4O3/c1-21-7-4-5-16(19(21)17-9-20-23(3)11-17)10-22(2)18(24)14-26-13-15-6-8-25-12-15/h9,11,15-16,19H,4-8,10,12-14H2,1-3H3/t15?,16-,19+/m0/s1. The highest BCUT2D eigenvalue weighted by Gasteiger charge is 2.32. The lowest BCUT2D eigenvalue weighted by molar-refractivity contribution is -0.136. The molecule has 0 N–H and O–H groups in total. The van der Waals surface area contributed by atoms with Crippen molar-refractivity contribution >= 4 is 5.91 Å². The van der Waals surface area contributed by atoms with Crippen LogP contribution >= 0.6 is 0 Å². The maximum absolute atomic E-state index is 12.5. The first-order valence-electron chi connectivity index (χ1n) is 9.63.